The highest BCUT2D eigenvalue weighted by Crippen LogP contribution is 2.27. The Morgan fingerprint density at radius 3 is 2.36 bits per heavy atom. The van der Waals surface area contributed by atoms with Crippen molar-refractivity contribution in [1.29, 1.82) is 0 Å². The average molecular weight is 463 g/mol. The molecule has 0 radical (unpaired) electrons. The van der Waals surface area contributed by atoms with E-state index < -0.39 is 0 Å². The topological polar surface area (TPSA) is 43.1 Å². The van der Waals surface area contributed by atoms with Gasteiger partial charge in [-0.25, -0.2) is 4.98 Å². The summed E-state index contributed by atoms with van der Waals surface area (Å²) in [5.74, 6) is -0.00775. The molecule has 4 aromatic rings. The number of carbonyl (C=O) groups is 1. The fourth-order valence-electron chi connectivity index (χ4n) is 4.50. The largest absolute Gasteiger partial charge is 0.332 e. The number of halogens is 1. The van der Waals surface area contributed by atoms with Crippen LogP contribution in [0.3, 0.4) is 0 Å². The van der Waals surface area contributed by atoms with Gasteiger partial charge in [0.1, 0.15) is 0 Å². The Bertz CT molecular complexity index is 1300. The molecule has 0 aliphatic rings. The zero-order valence-corrected chi connectivity index (χ0v) is 20.9. The summed E-state index contributed by atoms with van der Waals surface area (Å²) in [4.78, 5) is 20.0. The van der Waals surface area contributed by atoms with Gasteiger partial charge in [0.25, 0.3) is 5.91 Å². The molecular weight excluding hydrogens is 432 g/mol. The van der Waals surface area contributed by atoms with Crippen molar-refractivity contribution in [2.75, 3.05) is 0 Å². The predicted octanol–water partition coefficient (Wildman–Crippen LogP) is 6.73. The maximum Gasteiger partial charge on any atom is 0.254 e. The Kier molecular flexibility index (Phi) is 6.35. The first-order valence-electron chi connectivity index (χ1n) is 11.4. The van der Waals surface area contributed by atoms with E-state index in [0.29, 0.717) is 17.4 Å². The Labute approximate surface area is 200 Å². The summed E-state index contributed by atoms with van der Waals surface area (Å²) in [6, 6.07) is 18.4. The quantitative estimate of drug-likeness (QED) is 0.319. The minimum absolute atomic E-state index is 0.00775. The molecule has 0 N–H and O–H groups in total. The molecule has 6 heteroatoms. The fraction of sp³-hybridized carbons (Fsp3) is 0.333. The number of fused-ring (bicyclic) bond motifs is 1. The summed E-state index contributed by atoms with van der Waals surface area (Å²) in [5, 5.41) is 0.443. The van der Waals surface area contributed by atoms with Gasteiger partial charge in [-0.05, 0) is 95.1 Å². The van der Waals surface area contributed by atoms with Crippen LogP contribution in [0.25, 0.3) is 16.7 Å². The van der Waals surface area contributed by atoms with Crippen LogP contribution in [0, 0.1) is 13.8 Å². The van der Waals surface area contributed by atoms with Crippen molar-refractivity contribution < 1.29 is 4.79 Å². The van der Waals surface area contributed by atoms with E-state index >= 15 is 0 Å². The number of aryl methyl sites for hydroxylation is 1. The number of nitrogens with zero attached hydrogens (tertiary/aromatic N) is 4. The molecule has 1 amide bonds. The summed E-state index contributed by atoms with van der Waals surface area (Å²) in [6.45, 7) is 13.0. The third kappa shape index (κ3) is 4.30. The molecule has 0 spiro atoms. The zero-order valence-electron chi connectivity index (χ0n) is 20.1. The molecule has 0 bridgehead atoms. The van der Waals surface area contributed by atoms with E-state index in [1.165, 1.54) is 0 Å². The van der Waals surface area contributed by atoms with E-state index in [1.54, 1.807) is 0 Å². The van der Waals surface area contributed by atoms with Crippen LogP contribution in [-0.2, 0) is 6.54 Å². The van der Waals surface area contributed by atoms with Crippen molar-refractivity contribution in [2.45, 2.75) is 60.2 Å². The molecule has 2 heterocycles. The lowest BCUT2D eigenvalue weighted by molar-refractivity contribution is 0.0690. The van der Waals surface area contributed by atoms with E-state index in [2.05, 4.69) is 69.3 Å². The predicted molar refractivity (Wildman–Crippen MR) is 135 cm³/mol. The van der Waals surface area contributed by atoms with Crippen molar-refractivity contribution in [3.05, 3.63) is 82.4 Å². The highest BCUT2D eigenvalue weighted by Gasteiger charge is 2.23. The van der Waals surface area contributed by atoms with Gasteiger partial charge < -0.3 is 14.0 Å². The van der Waals surface area contributed by atoms with E-state index in [1.807, 2.05) is 45.9 Å². The van der Waals surface area contributed by atoms with Crippen LogP contribution < -0.4 is 0 Å². The van der Waals surface area contributed by atoms with Gasteiger partial charge >= 0.3 is 0 Å². The van der Waals surface area contributed by atoms with Crippen LogP contribution >= 0.6 is 11.6 Å². The second-order valence-electron chi connectivity index (χ2n) is 9.14. The highest BCUT2D eigenvalue weighted by molar-refractivity contribution is 6.29. The summed E-state index contributed by atoms with van der Waals surface area (Å²) in [7, 11) is 0. The van der Waals surface area contributed by atoms with Crippen LogP contribution in [0.1, 0.15) is 61.0 Å². The summed E-state index contributed by atoms with van der Waals surface area (Å²) >= 11 is 6.35. The van der Waals surface area contributed by atoms with Gasteiger partial charge in [-0.15, -0.1) is 0 Å². The SMILES string of the molecule is Cc1cc(CN(C(=O)c2ccc3c(c2)nc(Cl)n3C(C)C)C(C)C)c(C)n1-c1ccccc1. The second kappa shape index (κ2) is 9.06. The average Bonchev–Trinajstić information content (AvgIpc) is 3.25. The van der Waals surface area contributed by atoms with Crippen molar-refractivity contribution >= 4 is 28.5 Å². The lowest BCUT2D eigenvalue weighted by Gasteiger charge is -2.27. The van der Waals surface area contributed by atoms with E-state index in [0.717, 1.165) is 33.7 Å². The van der Waals surface area contributed by atoms with E-state index in [9.17, 15) is 4.79 Å². The standard InChI is InChI=1S/C27H31ClN4O/c1-17(2)30(16-22-14-19(5)32(20(22)6)23-10-8-7-9-11-23)26(33)21-12-13-25-24(15-21)29-27(28)31(25)18(3)4/h7-15,17-18H,16H2,1-6H3. The molecule has 33 heavy (non-hydrogen) atoms. The lowest BCUT2D eigenvalue weighted by Crippen LogP contribution is -2.36. The molecule has 4 rings (SSSR count). The minimum Gasteiger partial charge on any atom is -0.332 e. The maximum atomic E-state index is 13.6. The molecule has 172 valence electrons. The number of rotatable bonds is 6. The number of hydrogen-bond acceptors (Lipinski definition) is 2. The highest BCUT2D eigenvalue weighted by atomic mass is 35.5. The molecular formula is C27H31ClN4O. The van der Waals surface area contributed by atoms with E-state index in [-0.39, 0.29) is 18.0 Å². The smallest absolute Gasteiger partial charge is 0.254 e. The van der Waals surface area contributed by atoms with Crippen molar-refractivity contribution in [1.82, 2.24) is 19.0 Å². The van der Waals surface area contributed by atoms with Crippen LogP contribution in [-0.4, -0.2) is 31.0 Å². The summed E-state index contributed by atoms with van der Waals surface area (Å²) in [5.41, 5.74) is 6.88. The number of para-hydroxylation sites is 1. The molecule has 0 atom stereocenters. The second-order valence-corrected chi connectivity index (χ2v) is 9.48. The third-order valence-electron chi connectivity index (χ3n) is 6.19. The molecule has 0 aliphatic carbocycles. The van der Waals surface area contributed by atoms with E-state index in [4.69, 9.17) is 11.6 Å². The molecule has 2 aromatic carbocycles. The summed E-state index contributed by atoms with van der Waals surface area (Å²) in [6.07, 6.45) is 0. The Balaban J connectivity index is 1.67. The van der Waals surface area contributed by atoms with Crippen LogP contribution in [0.15, 0.2) is 54.6 Å². The summed E-state index contributed by atoms with van der Waals surface area (Å²) < 4.78 is 4.22. The van der Waals surface area contributed by atoms with Crippen molar-refractivity contribution in [3.8, 4) is 5.69 Å². The first-order chi connectivity index (χ1) is 15.7. The number of benzene rings is 2. The Morgan fingerprint density at radius 2 is 1.73 bits per heavy atom. The zero-order chi connectivity index (χ0) is 23.9. The van der Waals surface area contributed by atoms with Crippen LogP contribution in [0.4, 0.5) is 0 Å². The normalized spacial score (nSPS) is 11.7. The Morgan fingerprint density at radius 1 is 1.03 bits per heavy atom. The monoisotopic (exact) mass is 462 g/mol. The van der Waals surface area contributed by atoms with Gasteiger partial charge in [0.2, 0.25) is 5.28 Å². The number of amides is 1. The fourth-order valence-corrected chi connectivity index (χ4v) is 4.87. The van der Waals surface area contributed by atoms with Crippen LogP contribution in [0.2, 0.25) is 5.28 Å². The molecule has 5 nitrogen and oxygen atoms in total. The van der Waals surface area contributed by atoms with Crippen molar-refractivity contribution in [3.63, 3.8) is 0 Å². The number of hydrogen-bond donors (Lipinski definition) is 0. The molecule has 0 unspecified atom stereocenters. The van der Waals surface area contributed by atoms with Gasteiger partial charge in [0, 0.05) is 41.3 Å². The first kappa shape index (κ1) is 23.1. The van der Waals surface area contributed by atoms with Gasteiger partial charge in [-0.1, -0.05) is 18.2 Å². The molecule has 0 saturated carbocycles. The number of carbonyl (C=O) groups excluding carboxylic acids is 1. The van der Waals surface area contributed by atoms with Gasteiger partial charge in [0.05, 0.1) is 11.0 Å². The van der Waals surface area contributed by atoms with Gasteiger partial charge in [0.15, 0.2) is 0 Å². The Hall–Kier alpha value is -3.05. The lowest BCUT2D eigenvalue weighted by atomic mass is 10.1. The first-order valence-corrected chi connectivity index (χ1v) is 11.8. The number of aromatic nitrogens is 3. The van der Waals surface area contributed by atoms with Crippen molar-refractivity contribution in [2.24, 2.45) is 0 Å². The van der Waals surface area contributed by atoms with Gasteiger partial charge in [-0.3, -0.25) is 4.79 Å². The minimum atomic E-state index is -0.00775. The third-order valence-corrected chi connectivity index (χ3v) is 6.45. The molecule has 0 fully saturated rings. The molecule has 0 aliphatic heterocycles. The molecule has 2 aromatic heterocycles. The van der Waals surface area contributed by atoms with Gasteiger partial charge in [-0.2, -0.15) is 0 Å². The molecule has 0 saturated heterocycles. The van der Waals surface area contributed by atoms with Crippen LogP contribution in [0.5, 0.6) is 0 Å². The number of imidazole rings is 1. The maximum absolute atomic E-state index is 13.6.